The lowest BCUT2D eigenvalue weighted by atomic mass is 10.2. The number of pyridine rings is 1. The predicted molar refractivity (Wildman–Crippen MR) is 59.6 cm³/mol. The predicted octanol–water partition coefficient (Wildman–Crippen LogP) is 2.72. The van der Waals surface area contributed by atoms with Crippen molar-refractivity contribution < 1.29 is 0 Å². The average Bonchev–Trinajstić information content (AvgIpc) is 2.86. The van der Waals surface area contributed by atoms with Gasteiger partial charge in [0.2, 0.25) is 0 Å². The van der Waals surface area contributed by atoms with Crippen LogP contribution in [0.3, 0.4) is 0 Å². The van der Waals surface area contributed by atoms with E-state index in [4.69, 9.17) is 0 Å². The first-order chi connectivity index (χ1) is 6.93. The molecule has 0 aliphatic carbocycles. The fraction of sp³-hybridized carbons (Fsp3) is 0.364. The largest absolute Gasteiger partial charge is 0.309 e. The monoisotopic (exact) mass is 204 g/mol. The van der Waals surface area contributed by atoms with Gasteiger partial charge in [-0.2, -0.15) is 0 Å². The zero-order valence-electron chi connectivity index (χ0n) is 7.86. The lowest BCUT2D eigenvalue weighted by molar-refractivity contribution is 0.660. The summed E-state index contributed by atoms with van der Waals surface area (Å²) in [4.78, 5) is 6.97. The zero-order chi connectivity index (χ0) is 9.38. The van der Waals surface area contributed by atoms with Crippen LogP contribution in [0.4, 0.5) is 0 Å². The summed E-state index contributed by atoms with van der Waals surface area (Å²) in [6, 6.07) is 6.99. The van der Waals surface area contributed by atoms with E-state index >= 15 is 0 Å². The van der Waals surface area contributed by atoms with E-state index in [2.05, 4.69) is 22.4 Å². The van der Waals surface area contributed by atoms with Crippen LogP contribution in [-0.4, -0.2) is 11.5 Å². The van der Waals surface area contributed by atoms with Crippen LogP contribution >= 0.6 is 11.3 Å². The molecule has 0 bridgehead atoms. The second kappa shape index (κ2) is 3.33. The van der Waals surface area contributed by atoms with E-state index in [1.165, 1.54) is 23.1 Å². The Morgan fingerprint density at radius 2 is 2.50 bits per heavy atom. The third-order valence-corrected chi connectivity index (χ3v) is 3.89. The first kappa shape index (κ1) is 8.38. The first-order valence-corrected chi connectivity index (χ1v) is 5.83. The maximum absolute atomic E-state index is 4.36. The van der Waals surface area contributed by atoms with Crippen molar-refractivity contribution in [3.63, 3.8) is 0 Å². The number of thiophene rings is 1. The molecule has 1 atom stereocenters. The molecule has 0 radical (unpaired) electrons. The third kappa shape index (κ3) is 1.33. The normalized spacial score (nSPS) is 21.9. The molecule has 1 N–H and O–H groups in total. The minimum absolute atomic E-state index is 0.578. The van der Waals surface area contributed by atoms with Gasteiger partial charge >= 0.3 is 0 Å². The van der Waals surface area contributed by atoms with E-state index in [1.54, 1.807) is 0 Å². The molecule has 2 aromatic heterocycles. The maximum atomic E-state index is 4.36. The molecule has 1 saturated heterocycles. The molecule has 0 aromatic carbocycles. The van der Waals surface area contributed by atoms with Crippen molar-refractivity contribution in [3.05, 3.63) is 29.3 Å². The molecule has 0 spiro atoms. The number of aromatic nitrogens is 1. The van der Waals surface area contributed by atoms with Crippen molar-refractivity contribution in [3.8, 4) is 0 Å². The molecule has 3 heterocycles. The van der Waals surface area contributed by atoms with Crippen LogP contribution in [0.1, 0.15) is 23.8 Å². The molecule has 2 nitrogen and oxygen atoms in total. The van der Waals surface area contributed by atoms with Gasteiger partial charge in [-0.25, -0.2) is 4.98 Å². The Hall–Kier alpha value is -0.930. The van der Waals surface area contributed by atoms with E-state index in [0.29, 0.717) is 6.04 Å². The van der Waals surface area contributed by atoms with Crippen LogP contribution in [0, 0.1) is 0 Å². The minimum atomic E-state index is 0.578. The SMILES string of the molecule is c1cnc2sc([C@H]3CCCN3)cc2c1. The van der Waals surface area contributed by atoms with Crippen LogP contribution < -0.4 is 5.32 Å². The van der Waals surface area contributed by atoms with Gasteiger partial charge in [0.15, 0.2) is 0 Å². The summed E-state index contributed by atoms with van der Waals surface area (Å²) in [5.74, 6) is 0. The number of hydrogen-bond acceptors (Lipinski definition) is 3. The first-order valence-electron chi connectivity index (χ1n) is 5.01. The summed E-state index contributed by atoms with van der Waals surface area (Å²) >= 11 is 1.82. The Kier molecular flexibility index (Phi) is 2.00. The highest BCUT2D eigenvalue weighted by Crippen LogP contribution is 2.32. The Morgan fingerprint density at radius 3 is 3.29 bits per heavy atom. The highest BCUT2D eigenvalue weighted by atomic mass is 32.1. The van der Waals surface area contributed by atoms with Crippen LogP contribution in [0.5, 0.6) is 0 Å². The van der Waals surface area contributed by atoms with E-state index in [0.717, 1.165) is 11.4 Å². The van der Waals surface area contributed by atoms with Gasteiger partial charge in [0.05, 0.1) is 0 Å². The van der Waals surface area contributed by atoms with E-state index in [9.17, 15) is 0 Å². The Morgan fingerprint density at radius 1 is 1.50 bits per heavy atom. The minimum Gasteiger partial charge on any atom is -0.309 e. The molecule has 1 aliphatic heterocycles. The quantitative estimate of drug-likeness (QED) is 0.772. The Labute approximate surface area is 87.0 Å². The van der Waals surface area contributed by atoms with Crippen LogP contribution in [0.15, 0.2) is 24.4 Å². The molecule has 0 amide bonds. The topological polar surface area (TPSA) is 24.9 Å². The highest BCUT2D eigenvalue weighted by Gasteiger charge is 2.18. The van der Waals surface area contributed by atoms with Crippen molar-refractivity contribution in [1.82, 2.24) is 10.3 Å². The molecule has 2 aromatic rings. The molecular formula is C11H12N2S. The lowest BCUT2D eigenvalue weighted by Gasteiger charge is -2.05. The molecule has 3 rings (SSSR count). The summed E-state index contributed by atoms with van der Waals surface area (Å²) in [6.45, 7) is 1.16. The molecule has 14 heavy (non-hydrogen) atoms. The van der Waals surface area contributed by atoms with Crippen molar-refractivity contribution in [2.24, 2.45) is 0 Å². The molecular weight excluding hydrogens is 192 g/mol. The highest BCUT2D eigenvalue weighted by molar-refractivity contribution is 7.18. The molecule has 0 saturated carbocycles. The number of rotatable bonds is 1. The zero-order valence-corrected chi connectivity index (χ0v) is 8.68. The lowest BCUT2D eigenvalue weighted by Crippen LogP contribution is -2.11. The van der Waals surface area contributed by atoms with Crippen LogP contribution in [0.2, 0.25) is 0 Å². The molecule has 1 fully saturated rings. The molecule has 72 valence electrons. The van der Waals surface area contributed by atoms with Gasteiger partial charge in [0.1, 0.15) is 4.83 Å². The van der Waals surface area contributed by atoms with Gasteiger partial charge < -0.3 is 5.32 Å². The molecule has 3 heteroatoms. The second-order valence-electron chi connectivity index (χ2n) is 3.70. The molecule has 0 unspecified atom stereocenters. The number of nitrogens with zero attached hydrogens (tertiary/aromatic N) is 1. The number of fused-ring (bicyclic) bond motifs is 1. The van der Waals surface area contributed by atoms with Gasteiger partial charge in [-0.3, -0.25) is 0 Å². The third-order valence-electron chi connectivity index (χ3n) is 2.72. The van der Waals surface area contributed by atoms with E-state index in [-0.39, 0.29) is 0 Å². The van der Waals surface area contributed by atoms with Crippen LogP contribution in [-0.2, 0) is 0 Å². The summed E-state index contributed by atoms with van der Waals surface area (Å²) in [5.41, 5.74) is 0. The smallest absolute Gasteiger partial charge is 0.123 e. The van der Waals surface area contributed by atoms with Crippen molar-refractivity contribution >= 4 is 21.6 Å². The van der Waals surface area contributed by atoms with Gasteiger partial charge in [-0.05, 0) is 31.5 Å². The van der Waals surface area contributed by atoms with E-state index < -0.39 is 0 Å². The number of nitrogens with one attached hydrogen (secondary N) is 1. The molecule has 1 aliphatic rings. The summed E-state index contributed by atoms with van der Waals surface area (Å²) in [6.07, 6.45) is 4.43. The standard InChI is InChI=1S/C11H12N2S/c1-3-8-7-10(9-4-2-5-12-9)14-11(8)13-6-1/h1,3,6-7,9,12H,2,4-5H2/t9-/m1/s1. The summed E-state index contributed by atoms with van der Waals surface area (Å²) < 4.78 is 0. The van der Waals surface area contributed by atoms with Crippen LogP contribution in [0.25, 0.3) is 10.2 Å². The Balaban J connectivity index is 2.05. The van der Waals surface area contributed by atoms with Gasteiger partial charge in [-0.1, -0.05) is 6.07 Å². The summed E-state index contributed by atoms with van der Waals surface area (Å²) in [7, 11) is 0. The van der Waals surface area contributed by atoms with E-state index in [1.807, 2.05) is 23.6 Å². The average molecular weight is 204 g/mol. The van der Waals surface area contributed by atoms with Gasteiger partial charge in [0, 0.05) is 22.5 Å². The number of hydrogen-bond donors (Lipinski definition) is 1. The second-order valence-corrected chi connectivity index (χ2v) is 4.76. The fourth-order valence-electron chi connectivity index (χ4n) is 1.99. The summed E-state index contributed by atoms with van der Waals surface area (Å²) in [5, 5.41) is 4.80. The Bertz CT molecular complexity index is 410. The van der Waals surface area contributed by atoms with Crippen molar-refractivity contribution in [1.29, 1.82) is 0 Å². The van der Waals surface area contributed by atoms with Gasteiger partial charge in [-0.15, -0.1) is 11.3 Å². The van der Waals surface area contributed by atoms with Gasteiger partial charge in [0.25, 0.3) is 0 Å². The van der Waals surface area contributed by atoms with Crippen molar-refractivity contribution in [2.75, 3.05) is 6.54 Å². The maximum Gasteiger partial charge on any atom is 0.123 e. The van der Waals surface area contributed by atoms with Crippen molar-refractivity contribution in [2.45, 2.75) is 18.9 Å². The fourth-order valence-corrected chi connectivity index (χ4v) is 3.10.